The predicted octanol–water partition coefficient (Wildman–Crippen LogP) is 4.73. The van der Waals surface area contributed by atoms with Crippen molar-refractivity contribution in [1.82, 2.24) is 10.2 Å². The molecule has 0 aliphatic heterocycles. The fraction of sp³-hybridized carbons (Fsp3) is 0.571. The Balaban J connectivity index is 2.52. The zero-order valence-electron chi connectivity index (χ0n) is 16.8. The second-order valence-corrected chi connectivity index (χ2v) is 7.09. The van der Waals surface area contributed by atoms with Gasteiger partial charge in [0.05, 0.1) is 0 Å². The minimum absolute atomic E-state index is 0.0493. The number of carbonyl (C=O) groups is 2. The number of carbonyl (C=O) groups excluding carboxylic acids is 2. The monoisotopic (exact) mass is 391 g/mol. The van der Waals surface area contributed by atoms with Crippen LogP contribution in [0, 0.1) is 0 Å². The topological polar surface area (TPSA) is 61.4 Å². The van der Waals surface area contributed by atoms with Gasteiger partial charge in [-0.25, -0.2) is 0 Å². The maximum atomic E-state index is 12.6. The molecule has 0 aliphatic rings. The van der Waals surface area contributed by atoms with E-state index < -0.39 is 0 Å². The van der Waals surface area contributed by atoms with Gasteiger partial charge in [-0.15, -0.1) is 0 Å². The van der Waals surface area contributed by atoms with Crippen molar-refractivity contribution in [1.29, 1.82) is 0 Å². The average molecular weight is 392 g/mol. The third-order valence-corrected chi connectivity index (χ3v) is 4.38. The van der Waals surface area contributed by atoms with Crippen molar-refractivity contribution in [3.63, 3.8) is 0 Å². The number of benzene rings is 1. The van der Waals surface area contributed by atoms with Gasteiger partial charge >= 0.3 is 0 Å². The number of hydrogen-bond acceptors (Lipinski definition) is 3. The Labute approximate surface area is 168 Å². The number of nitrogens with one attached hydrogen (secondary N) is 2. The van der Waals surface area contributed by atoms with Gasteiger partial charge in [0.2, 0.25) is 5.91 Å². The highest BCUT2D eigenvalue weighted by atomic mass is 32.1. The van der Waals surface area contributed by atoms with E-state index in [0.717, 1.165) is 57.3 Å². The Morgan fingerprint density at radius 1 is 0.926 bits per heavy atom. The molecule has 1 rings (SSSR count). The van der Waals surface area contributed by atoms with Gasteiger partial charge in [-0.05, 0) is 55.7 Å². The molecule has 0 heterocycles. The fourth-order valence-electron chi connectivity index (χ4n) is 2.80. The van der Waals surface area contributed by atoms with Crippen LogP contribution in [0.3, 0.4) is 0 Å². The van der Waals surface area contributed by atoms with Crippen LogP contribution in [-0.4, -0.2) is 34.9 Å². The summed E-state index contributed by atoms with van der Waals surface area (Å²) in [6.45, 7) is 7.81. The molecule has 0 aromatic heterocycles. The van der Waals surface area contributed by atoms with Gasteiger partial charge in [0.25, 0.3) is 5.91 Å². The summed E-state index contributed by atoms with van der Waals surface area (Å²) in [4.78, 5) is 26.3. The molecule has 5 nitrogen and oxygen atoms in total. The van der Waals surface area contributed by atoms with Crippen molar-refractivity contribution in [2.24, 2.45) is 0 Å². The molecule has 150 valence electrons. The number of amides is 2. The lowest BCUT2D eigenvalue weighted by Gasteiger charge is -2.21. The van der Waals surface area contributed by atoms with Gasteiger partial charge in [-0.2, -0.15) is 0 Å². The van der Waals surface area contributed by atoms with E-state index in [9.17, 15) is 9.59 Å². The van der Waals surface area contributed by atoms with Gasteiger partial charge in [-0.3, -0.25) is 9.59 Å². The first-order valence-corrected chi connectivity index (χ1v) is 10.4. The summed E-state index contributed by atoms with van der Waals surface area (Å²) >= 11 is 5.19. The Morgan fingerprint density at radius 2 is 1.56 bits per heavy atom. The molecule has 0 atom stereocenters. The molecule has 27 heavy (non-hydrogen) atoms. The van der Waals surface area contributed by atoms with Crippen LogP contribution in [0.5, 0.6) is 0 Å². The molecule has 1 aromatic rings. The summed E-state index contributed by atoms with van der Waals surface area (Å²) in [6.07, 6.45) is 6.61. The van der Waals surface area contributed by atoms with E-state index >= 15 is 0 Å². The molecule has 0 saturated carbocycles. The Hall–Kier alpha value is -1.95. The highest BCUT2D eigenvalue weighted by Gasteiger charge is 2.14. The molecule has 6 heteroatoms. The van der Waals surface area contributed by atoms with Crippen LogP contribution < -0.4 is 10.6 Å². The van der Waals surface area contributed by atoms with Crippen molar-refractivity contribution >= 4 is 34.8 Å². The highest BCUT2D eigenvalue weighted by molar-refractivity contribution is 7.80. The second kappa shape index (κ2) is 13.3. The Morgan fingerprint density at radius 3 is 2.11 bits per heavy atom. The van der Waals surface area contributed by atoms with Gasteiger partial charge in [0, 0.05) is 30.8 Å². The molecule has 0 spiro atoms. The van der Waals surface area contributed by atoms with Crippen LogP contribution >= 0.6 is 12.2 Å². The van der Waals surface area contributed by atoms with Gasteiger partial charge in [0.15, 0.2) is 5.11 Å². The van der Waals surface area contributed by atoms with Crippen LogP contribution in [0.25, 0.3) is 0 Å². The number of unbranched alkanes of at least 4 members (excludes halogenated alkanes) is 3. The molecule has 0 saturated heterocycles. The molecule has 2 N–H and O–H groups in total. The lowest BCUT2D eigenvalue weighted by Crippen LogP contribution is -2.34. The van der Waals surface area contributed by atoms with E-state index in [-0.39, 0.29) is 16.9 Å². The maximum Gasteiger partial charge on any atom is 0.253 e. The summed E-state index contributed by atoms with van der Waals surface area (Å²) in [5.74, 6) is -0.0154. The van der Waals surface area contributed by atoms with Crippen molar-refractivity contribution in [2.75, 3.05) is 18.4 Å². The minimum Gasteiger partial charge on any atom is -0.339 e. The van der Waals surface area contributed by atoms with Crippen LogP contribution in [0.4, 0.5) is 5.69 Å². The lowest BCUT2D eigenvalue weighted by molar-refractivity contribution is -0.119. The molecular formula is C21H33N3O2S. The standard InChI is InChI=1S/C21H33N3O2S/c1-4-7-8-9-10-19(25)23-21(27)22-18-13-11-17(12-14-18)20(26)24(15-5-2)16-6-3/h11-14H,4-10,15-16H2,1-3H3,(H2,22,23,25,27). The van der Waals surface area contributed by atoms with Gasteiger partial charge in [0.1, 0.15) is 0 Å². The number of anilines is 1. The predicted molar refractivity (Wildman–Crippen MR) is 116 cm³/mol. The normalized spacial score (nSPS) is 10.3. The summed E-state index contributed by atoms with van der Waals surface area (Å²) in [5, 5.41) is 5.98. The fourth-order valence-corrected chi connectivity index (χ4v) is 3.03. The summed E-state index contributed by atoms with van der Waals surface area (Å²) < 4.78 is 0. The van der Waals surface area contributed by atoms with E-state index in [1.54, 1.807) is 12.1 Å². The quantitative estimate of drug-likeness (QED) is 0.423. The SMILES string of the molecule is CCCCCCC(=O)NC(=S)Nc1ccc(C(=O)N(CCC)CCC)cc1. The summed E-state index contributed by atoms with van der Waals surface area (Å²) in [5.41, 5.74) is 1.41. The zero-order valence-corrected chi connectivity index (χ0v) is 17.7. The van der Waals surface area contributed by atoms with E-state index in [1.165, 1.54) is 0 Å². The first kappa shape index (κ1) is 23.1. The second-order valence-electron chi connectivity index (χ2n) is 6.68. The average Bonchev–Trinajstić information content (AvgIpc) is 2.65. The molecule has 0 fully saturated rings. The van der Waals surface area contributed by atoms with E-state index in [2.05, 4.69) is 31.4 Å². The van der Waals surface area contributed by atoms with Crippen LogP contribution in [0.2, 0.25) is 0 Å². The smallest absolute Gasteiger partial charge is 0.253 e. The van der Waals surface area contributed by atoms with Crippen LogP contribution in [-0.2, 0) is 4.79 Å². The maximum absolute atomic E-state index is 12.6. The zero-order chi connectivity index (χ0) is 20.1. The minimum atomic E-state index is -0.0647. The Bertz CT molecular complexity index is 596. The molecule has 0 radical (unpaired) electrons. The number of hydrogen-bond donors (Lipinski definition) is 2. The van der Waals surface area contributed by atoms with Gasteiger partial charge < -0.3 is 15.5 Å². The molecule has 0 unspecified atom stereocenters. The van der Waals surface area contributed by atoms with Crippen molar-refractivity contribution < 1.29 is 9.59 Å². The third kappa shape index (κ3) is 9.00. The Kier molecular flexibility index (Phi) is 11.3. The van der Waals surface area contributed by atoms with Crippen LogP contribution in [0.1, 0.15) is 76.1 Å². The lowest BCUT2D eigenvalue weighted by atomic mass is 10.1. The summed E-state index contributed by atoms with van der Waals surface area (Å²) in [7, 11) is 0. The first-order chi connectivity index (χ1) is 13.0. The molecule has 0 aliphatic carbocycles. The summed E-state index contributed by atoms with van der Waals surface area (Å²) in [6, 6.07) is 7.20. The van der Waals surface area contributed by atoms with Crippen molar-refractivity contribution in [2.45, 2.75) is 65.7 Å². The van der Waals surface area contributed by atoms with Gasteiger partial charge in [-0.1, -0.05) is 40.0 Å². The van der Waals surface area contributed by atoms with Crippen molar-refractivity contribution in [3.05, 3.63) is 29.8 Å². The number of nitrogens with zero attached hydrogens (tertiary/aromatic N) is 1. The van der Waals surface area contributed by atoms with E-state index in [0.29, 0.717) is 12.0 Å². The first-order valence-electron chi connectivity index (χ1n) is 10.0. The van der Waals surface area contributed by atoms with E-state index in [1.807, 2.05) is 17.0 Å². The molecule has 1 aromatic carbocycles. The van der Waals surface area contributed by atoms with E-state index in [4.69, 9.17) is 12.2 Å². The molecule has 0 bridgehead atoms. The van der Waals surface area contributed by atoms with Crippen LogP contribution in [0.15, 0.2) is 24.3 Å². The number of rotatable bonds is 11. The molecule has 2 amide bonds. The molecular weight excluding hydrogens is 358 g/mol. The van der Waals surface area contributed by atoms with Crippen molar-refractivity contribution in [3.8, 4) is 0 Å². The largest absolute Gasteiger partial charge is 0.339 e. The number of thiocarbonyl (C=S) groups is 1. The highest BCUT2D eigenvalue weighted by Crippen LogP contribution is 2.12. The third-order valence-electron chi connectivity index (χ3n) is 4.17.